The third kappa shape index (κ3) is 3.24. The van der Waals surface area contributed by atoms with E-state index in [1.54, 1.807) is 12.4 Å². The van der Waals surface area contributed by atoms with Crippen LogP contribution in [0.4, 0.5) is 0 Å². The Labute approximate surface area is 92.8 Å². The molecule has 0 fully saturated rings. The van der Waals surface area contributed by atoms with Gasteiger partial charge in [-0.1, -0.05) is 19.1 Å². The van der Waals surface area contributed by atoms with Crippen LogP contribution in [0.15, 0.2) is 35.1 Å². The summed E-state index contributed by atoms with van der Waals surface area (Å²) in [6.45, 7) is 5.90. The predicted octanol–water partition coefficient (Wildman–Crippen LogP) is 3.23. The fraction of sp³-hybridized carbons (Fsp3) is 0.364. The monoisotopic (exact) mass is 255 g/mol. The summed E-state index contributed by atoms with van der Waals surface area (Å²) in [4.78, 5) is 4.00. The molecule has 0 saturated heterocycles. The summed E-state index contributed by atoms with van der Waals surface area (Å²) in [5.74, 6) is 0. The largest absolute Gasteiger partial charge is 0.388 e. The molecular weight excluding hydrogens is 242 g/mol. The Morgan fingerprint density at radius 1 is 1.64 bits per heavy atom. The van der Waals surface area contributed by atoms with Crippen LogP contribution < -0.4 is 0 Å². The number of aliphatic hydroxyl groups is 1. The van der Waals surface area contributed by atoms with Gasteiger partial charge in [-0.15, -0.1) is 0 Å². The van der Waals surface area contributed by atoms with Crippen molar-refractivity contribution in [3.63, 3.8) is 0 Å². The molecule has 1 rings (SSSR count). The third-order valence-electron chi connectivity index (χ3n) is 2.09. The highest BCUT2D eigenvalue weighted by Gasteiger charge is 2.08. The zero-order valence-electron chi connectivity index (χ0n) is 8.20. The minimum absolute atomic E-state index is 0.493. The summed E-state index contributed by atoms with van der Waals surface area (Å²) in [7, 11) is 0. The summed E-state index contributed by atoms with van der Waals surface area (Å²) in [6, 6.07) is 1.88. The molecule has 1 aromatic rings. The molecule has 76 valence electrons. The number of pyridine rings is 1. The minimum Gasteiger partial charge on any atom is -0.388 e. The van der Waals surface area contributed by atoms with Crippen molar-refractivity contribution >= 4 is 15.9 Å². The van der Waals surface area contributed by atoms with Gasteiger partial charge in [-0.2, -0.15) is 0 Å². The lowest BCUT2D eigenvalue weighted by molar-refractivity contribution is 0.177. The van der Waals surface area contributed by atoms with E-state index in [4.69, 9.17) is 0 Å². The molecule has 0 aliphatic rings. The summed E-state index contributed by atoms with van der Waals surface area (Å²) in [5, 5.41) is 9.82. The van der Waals surface area contributed by atoms with Crippen LogP contribution in [0.3, 0.4) is 0 Å². The van der Waals surface area contributed by atoms with Crippen molar-refractivity contribution in [2.75, 3.05) is 0 Å². The van der Waals surface area contributed by atoms with Gasteiger partial charge in [0.1, 0.15) is 0 Å². The number of rotatable bonds is 4. The Morgan fingerprint density at radius 2 is 2.36 bits per heavy atom. The molecule has 0 aliphatic heterocycles. The maximum atomic E-state index is 9.82. The molecule has 1 aromatic heterocycles. The zero-order chi connectivity index (χ0) is 10.6. The number of aromatic nitrogens is 1. The van der Waals surface area contributed by atoms with Gasteiger partial charge in [0.05, 0.1) is 6.10 Å². The normalized spacial score (nSPS) is 12.5. The Kier molecular flexibility index (Phi) is 4.29. The Bertz CT molecular complexity index is 325. The average Bonchev–Trinajstić information content (AvgIpc) is 2.17. The average molecular weight is 256 g/mol. The SMILES string of the molecule is C=C(CC)CC(O)c1cncc(Br)c1. The Hall–Kier alpha value is -0.670. The van der Waals surface area contributed by atoms with Gasteiger partial charge in [0.15, 0.2) is 0 Å². The maximum Gasteiger partial charge on any atom is 0.0842 e. The van der Waals surface area contributed by atoms with Crippen LogP contribution in [-0.4, -0.2) is 10.1 Å². The van der Waals surface area contributed by atoms with Crippen molar-refractivity contribution in [3.05, 3.63) is 40.6 Å². The summed E-state index contributed by atoms with van der Waals surface area (Å²) in [6.07, 6.45) is 4.39. The van der Waals surface area contributed by atoms with Crippen molar-refractivity contribution in [2.45, 2.75) is 25.9 Å². The Morgan fingerprint density at radius 3 is 2.93 bits per heavy atom. The molecule has 0 spiro atoms. The lowest BCUT2D eigenvalue weighted by atomic mass is 10.0. The van der Waals surface area contributed by atoms with E-state index < -0.39 is 6.10 Å². The first-order chi connectivity index (χ1) is 6.63. The Balaban J connectivity index is 2.69. The van der Waals surface area contributed by atoms with Gasteiger partial charge in [-0.25, -0.2) is 0 Å². The standard InChI is InChI=1S/C11H14BrNO/c1-3-8(2)4-11(14)9-5-10(12)7-13-6-9/h5-7,11,14H,2-4H2,1H3. The number of nitrogens with zero attached hydrogens (tertiary/aromatic N) is 1. The molecule has 1 unspecified atom stereocenters. The highest BCUT2D eigenvalue weighted by Crippen LogP contribution is 2.22. The van der Waals surface area contributed by atoms with Crippen LogP contribution in [0, 0.1) is 0 Å². The van der Waals surface area contributed by atoms with Gasteiger partial charge in [-0.3, -0.25) is 4.98 Å². The highest BCUT2D eigenvalue weighted by molar-refractivity contribution is 9.10. The second-order valence-corrected chi connectivity index (χ2v) is 4.18. The van der Waals surface area contributed by atoms with Crippen LogP contribution in [0.5, 0.6) is 0 Å². The lowest BCUT2D eigenvalue weighted by Crippen LogP contribution is -1.99. The summed E-state index contributed by atoms with van der Waals surface area (Å²) < 4.78 is 0.885. The summed E-state index contributed by atoms with van der Waals surface area (Å²) >= 11 is 3.32. The van der Waals surface area contributed by atoms with Gasteiger partial charge in [0.25, 0.3) is 0 Å². The predicted molar refractivity (Wildman–Crippen MR) is 60.9 cm³/mol. The van der Waals surface area contributed by atoms with Gasteiger partial charge >= 0.3 is 0 Å². The smallest absolute Gasteiger partial charge is 0.0842 e. The number of hydrogen-bond acceptors (Lipinski definition) is 2. The van der Waals surface area contributed by atoms with Crippen LogP contribution in [0.25, 0.3) is 0 Å². The first kappa shape index (κ1) is 11.4. The quantitative estimate of drug-likeness (QED) is 0.839. The second kappa shape index (κ2) is 5.27. The van der Waals surface area contributed by atoms with Crippen molar-refractivity contribution < 1.29 is 5.11 Å². The van der Waals surface area contributed by atoms with Gasteiger partial charge in [-0.05, 0) is 34.8 Å². The van der Waals surface area contributed by atoms with E-state index in [2.05, 4.69) is 27.5 Å². The molecule has 0 radical (unpaired) electrons. The lowest BCUT2D eigenvalue weighted by Gasteiger charge is -2.11. The molecule has 1 atom stereocenters. The molecule has 1 N–H and O–H groups in total. The highest BCUT2D eigenvalue weighted by atomic mass is 79.9. The molecule has 14 heavy (non-hydrogen) atoms. The van der Waals surface area contributed by atoms with E-state index in [9.17, 15) is 5.11 Å². The fourth-order valence-electron chi connectivity index (χ4n) is 1.15. The van der Waals surface area contributed by atoms with Gasteiger partial charge in [0, 0.05) is 22.4 Å². The number of hydrogen-bond donors (Lipinski definition) is 1. The molecular formula is C11H14BrNO. The van der Waals surface area contributed by atoms with Gasteiger partial charge in [0.2, 0.25) is 0 Å². The first-order valence-electron chi connectivity index (χ1n) is 4.58. The van der Waals surface area contributed by atoms with Gasteiger partial charge < -0.3 is 5.11 Å². The van der Waals surface area contributed by atoms with Crippen molar-refractivity contribution in [2.24, 2.45) is 0 Å². The molecule has 0 aliphatic carbocycles. The minimum atomic E-state index is -0.493. The fourth-order valence-corrected chi connectivity index (χ4v) is 1.53. The first-order valence-corrected chi connectivity index (χ1v) is 5.38. The number of aliphatic hydroxyl groups excluding tert-OH is 1. The molecule has 0 aromatic carbocycles. The second-order valence-electron chi connectivity index (χ2n) is 3.26. The van der Waals surface area contributed by atoms with E-state index in [-0.39, 0.29) is 0 Å². The van der Waals surface area contributed by atoms with Crippen LogP contribution in [-0.2, 0) is 0 Å². The van der Waals surface area contributed by atoms with Crippen molar-refractivity contribution in [1.29, 1.82) is 0 Å². The molecule has 2 nitrogen and oxygen atoms in total. The van der Waals surface area contributed by atoms with E-state index in [1.165, 1.54) is 0 Å². The van der Waals surface area contributed by atoms with Crippen molar-refractivity contribution in [3.8, 4) is 0 Å². The topological polar surface area (TPSA) is 33.1 Å². The van der Waals surface area contributed by atoms with E-state index in [1.807, 2.05) is 13.0 Å². The zero-order valence-corrected chi connectivity index (χ0v) is 9.79. The summed E-state index contributed by atoms with van der Waals surface area (Å²) in [5.41, 5.74) is 1.88. The number of halogens is 1. The molecule has 1 heterocycles. The van der Waals surface area contributed by atoms with Crippen LogP contribution >= 0.6 is 15.9 Å². The maximum absolute atomic E-state index is 9.82. The molecule has 0 bridgehead atoms. The molecule has 0 saturated carbocycles. The third-order valence-corrected chi connectivity index (χ3v) is 2.53. The van der Waals surface area contributed by atoms with Crippen LogP contribution in [0.2, 0.25) is 0 Å². The molecule has 3 heteroatoms. The van der Waals surface area contributed by atoms with E-state index in [0.717, 1.165) is 22.0 Å². The van der Waals surface area contributed by atoms with E-state index in [0.29, 0.717) is 6.42 Å². The van der Waals surface area contributed by atoms with Crippen LogP contribution in [0.1, 0.15) is 31.4 Å². The van der Waals surface area contributed by atoms with E-state index >= 15 is 0 Å². The van der Waals surface area contributed by atoms with Crippen molar-refractivity contribution in [1.82, 2.24) is 4.98 Å². The molecule has 0 amide bonds.